The number of anilines is 1. The van der Waals surface area contributed by atoms with Crippen LogP contribution in [0.25, 0.3) is 10.9 Å². The van der Waals surface area contributed by atoms with Gasteiger partial charge in [-0.15, -0.1) is 0 Å². The van der Waals surface area contributed by atoms with Crippen LogP contribution in [0.15, 0.2) is 53.6 Å². The van der Waals surface area contributed by atoms with Crippen molar-refractivity contribution in [3.63, 3.8) is 0 Å². The lowest BCUT2D eigenvalue weighted by Gasteiger charge is -2.36. The van der Waals surface area contributed by atoms with E-state index in [1.807, 2.05) is 18.2 Å². The Hall–Kier alpha value is -3.55. The second-order valence-electron chi connectivity index (χ2n) is 7.11. The average molecular weight is 408 g/mol. The van der Waals surface area contributed by atoms with Gasteiger partial charge in [0.05, 0.1) is 31.4 Å². The fourth-order valence-electron chi connectivity index (χ4n) is 3.70. The second kappa shape index (κ2) is 8.44. The number of carbonyl (C=O) groups is 1. The summed E-state index contributed by atoms with van der Waals surface area (Å²) in [6.07, 6.45) is 1.41. The molecule has 8 nitrogen and oxygen atoms in total. The van der Waals surface area contributed by atoms with Gasteiger partial charge < -0.3 is 19.3 Å². The number of ether oxygens (including phenoxy) is 2. The van der Waals surface area contributed by atoms with E-state index in [-0.39, 0.29) is 18.0 Å². The van der Waals surface area contributed by atoms with Gasteiger partial charge in [0, 0.05) is 37.9 Å². The summed E-state index contributed by atoms with van der Waals surface area (Å²) in [6.45, 7) is 2.72. The standard InChI is InChI=1S/C22H24N4O4/c1-29-19-12-17-18(13-20(19)30-2)23-15-26(22(17)28)14-21(27)25-10-8-24(9-11-25)16-6-4-3-5-7-16/h3-7,12-13,15H,8-11,14H2,1-2H3. The number of benzene rings is 2. The molecule has 0 unspecified atom stereocenters. The highest BCUT2D eigenvalue weighted by Crippen LogP contribution is 2.29. The minimum atomic E-state index is -0.280. The highest BCUT2D eigenvalue weighted by Gasteiger charge is 2.22. The quantitative estimate of drug-likeness (QED) is 0.640. The van der Waals surface area contributed by atoms with Crippen molar-refractivity contribution in [1.29, 1.82) is 0 Å². The molecule has 1 aliphatic rings. The van der Waals surface area contributed by atoms with Crippen molar-refractivity contribution in [3.8, 4) is 11.5 Å². The molecule has 0 aliphatic carbocycles. The molecule has 1 fully saturated rings. The summed E-state index contributed by atoms with van der Waals surface area (Å²) >= 11 is 0. The van der Waals surface area contributed by atoms with Crippen LogP contribution >= 0.6 is 0 Å². The third-order valence-corrected chi connectivity index (χ3v) is 5.39. The van der Waals surface area contributed by atoms with E-state index in [1.54, 1.807) is 17.0 Å². The Morgan fingerprint density at radius 2 is 1.67 bits per heavy atom. The van der Waals surface area contributed by atoms with Crippen LogP contribution in [0.1, 0.15) is 0 Å². The summed E-state index contributed by atoms with van der Waals surface area (Å²) in [5, 5.41) is 0.386. The number of hydrogen-bond acceptors (Lipinski definition) is 6. The molecule has 0 atom stereocenters. The van der Waals surface area contributed by atoms with E-state index < -0.39 is 0 Å². The second-order valence-corrected chi connectivity index (χ2v) is 7.11. The first-order valence-corrected chi connectivity index (χ1v) is 9.79. The molecular weight excluding hydrogens is 384 g/mol. The highest BCUT2D eigenvalue weighted by atomic mass is 16.5. The number of piperazine rings is 1. The lowest BCUT2D eigenvalue weighted by Crippen LogP contribution is -2.50. The van der Waals surface area contributed by atoms with E-state index in [0.29, 0.717) is 35.5 Å². The molecule has 30 heavy (non-hydrogen) atoms. The zero-order chi connectivity index (χ0) is 21.1. The Morgan fingerprint density at radius 3 is 2.33 bits per heavy atom. The molecule has 0 N–H and O–H groups in total. The fraction of sp³-hybridized carbons (Fsp3) is 0.318. The van der Waals surface area contributed by atoms with Gasteiger partial charge >= 0.3 is 0 Å². The largest absolute Gasteiger partial charge is 0.493 e. The zero-order valence-electron chi connectivity index (χ0n) is 17.1. The molecule has 1 aliphatic heterocycles. The number of methoxy groups -OCH3 is 2. The van der Waals surface area contributed by atoms with E-state index in [2.05, 4.69) is 22.0 Å². The first kappa shape index (κ1) is 19.8. The van der Waals surface area contributed by atoms with E-state index in [1.165, 1.54) is 25.1 Å². The summed E-state index contributed by atoms with van der Waals surface area (Å²) in [4.78, 5) is 34.1. The molecule has 2 heterocycles. The normalized spacial score (nSPS) is 14.1. The topological polar surface area (TPSA) is 76.9 Å². The van der Waals surface area contributed by atoms with Crippen molar-refractivity contribution in [2.45, 2.75) is 6.54 Å². The molecule has 156 valence electrons. The first-order valence-electron chi connectivity index (χ1n) is 9.79. The molecule has 4 rings (SSSR count). The molecule has 1 saturated heterocycles. The molecule has 0 bridgehead atoms. The maximum Gasteiger partial charge on any atom is 0.261 e. The smallest absolute Gasteiger partial charge is 0.261 e. The van der Waals surface area contributed by atoms with Crippen molar-refractivity contribution in [2.24, 2.45) is 0 Å². The van der Waals surface area contributed by atoms with Crippen molar-refractivity contribution in [3.05, 3.63) is 59.1 Å². The number of carbonyl (C=O) groups excluding carboxylic acids is 1. The minimum Gasteiger partial charge on any atom is -0.493 e. The lowest BCUT2D eigenvalue weighted by molar-refractivity contribution is -0.132. The van der Waals surface area contributed by atoms with Gasteiger partial charge in [-0.2, -0.15) is 0 Å². The van der Waals surface area contributed by atoms with Crippen molar-refractivity contribution in [2.75, 3.05) is 45.3 Å². The van der Waals surface area contributed by atoms with Crippen molar-refractivity contribution >= 4 is 22.5 Å². The molecule has 8 heteroatoms. The van der Waals surface area contributed by atoms with Crippen LogP contribution in [0, 0.1) is 0 Å². The number of aromatic nitrogens is 2. The number of amides is 1. The predicted molar refractivity (Wildman–Crippen MR) is 114 cm³/mol. The van der Waals surface area contributed by atoms with Crippen molar-refractivity contribution in [1.82, 2.24) is 14.5 Å². The minimum absolute atomic E-state index is 0.0402. The molecular formula is C22H24N4O4. The van der Waals surface area contributed by atoms with Crippen LogP contribution in [0.2, 0.25) is 0 Å². The number of fused-ring (bicyclic) bond motifs is 1. The Bertz CT molecular complexity index is 1110. The van der Waals surface area contributed by atoms with E-state index in [0.717, 1.165) is 18.8 Å². The Balaban J connectivity index is 1.48. The fourth-order valence-corrected chi connectivity index (χ4v) is 3.70. The van der Waals surface area contributed by atoms with Gasteiger partial charge in [-0.05, 0) is 18.2 Å². The molecule has 0 spiro atoms. The van der Waals surface area contributed by atoms with Gasteiger partial charge in [0.2, 0.25) is 5.91 Å². The summed E-state index contributed by atoms with van der Waals surface area (Å²) in [7, 11) is 3.04. The Labute approximate surface area is 174 Å². The maximum absolute atomic E-state index is 12.9. The molecule has 3 aromatic rings. The predicted octanol–water partition coefficient (Wildman–Crippen LogP) is 1.76. The van der Waals surface area contributed by atoms with Crippen LogP contribution in [0.5, 0.6) is 11.5 Å². The van der Waals surface area contributed by atoms with Gasteiger partial charge in [0.25, 0.3) is 5.56 Å². The van der Waals surface area contributed by atoms with Crippen LogP contribution in [0.3, 0.4) is 0 Å². The van der Waals surface area contributed by atoms with E-state index in [4.69, 9.17) is 9.47 Å². The van der Waals surface area contributed by atoms with Gasteiger partial charge in [0.15, 0.2) is 11.5 Å². The summed E-state index contributed by atoms with van der Waals surface area (Å²) in [5.41, 5.74) is 1.37. The monoisotopic (exact) mass is 408 g/mol. The number of rotatable bonds is 5. The highest BCUT2D eigenvalue weighted by molar-refractivity contribution is 5.82. The SMILES string of the molecule is COc1cc2ncn(CC(=O)N3CCN(c4ccccc4)CC3)c(=O)c2cc1OC. The zero-order valence-corrected chi connectivity index (χ0v) is 17.1. The molecule has 1 amide bonds. The Morgan fingerprint density at radius 1 is 1.00 bits per heavy atom. The van der Waals surface area contributed by atoms with Crippen molar-refractivity contribution < 1.29 is 14.3 Å². The summed E-state index contributed by atoms with van der Waals surface area (Å²) in [6, 6.07) is 13.4. The van der Waals surface area contributed by atoms with Crippen LogP contribution in [-0.4, -0.2) is 60.8 Å². The molecule has 0 saturated carbocycles. The Kier molecular flexibility index (Phi) is 5.56. The van der Waals surface area contributed by atoms with Gasteiger partial charge in [0.1, 0.15) is 6.54 Å². The average Bonchev–Trinajstić information content (AvgIpc) is 2.80. The number of para-hydroxylation sites is 1. The number of nitrogens with zero attached hydrogens (tertiary/aromatic N) is 4. The van der Waals surface area contributed by atoms with Gasteiger partial charge in [-0.25, -0.2) is 4.98 Å². The maximum atomic E-state index is 12.9. The molecule has 2 aromatic carbocycles. The number of hydrogen-bond donors (Lipinski definition) is 0. The first-order chi connectivity index (χ1) is 14.6. The molecule has 0 radical (unpaired) electrons. The van der Waals surface area contributed by atoms with Crippen LogP contribution in [-0.2, 0) is 11.3 Å². The third-order valence-electron chi connectivity index (χ3n) is 5.39. The molecule has 1 aromatic heterocycles. The van der Waals surface area contributed by atoms with Crippen LogP contribution in [0.4, 0.5) is 5.69 Å². The van der Waals surface area contributed by atoms with E-state index in [9.17, 15) is 9.59 Å². The van der Waals surface area contributed by atoms with Gasteiger partial charge in [-0.3, -0.25) is 14.2 Å². The van der Waals surface area contributed by atoms with Gasteiger partial charge in [-0.1, -0.05) is 18.2 Å². The van der Waals surface area contributed by atoms with Crippen LogP contribution < -0.4 is 19.9 Å². The van der Waals surface area contributed by atoms with E-state index >= 15 is 0 Å². The summed E-state index contributed by atoms with van der Waals surface area (Å²) < 4.78 is 11.9. The lowest BCUT2D eigenvalue weighted by atomic mass is 10.2. The summed E-state index contributed by atoms with van der Waals surface area (Å²) in [5.74, 6) is 0.860. The third kappa shape index (κ3) is 3.80.